The zero-order valence-electron chi connectivity index (χ0n) is 8.93. The van der Waals surface area contributed by atoms with Gasteiger partial charge in [0.25, 0.3) is 0 Å². The Balaban J connectivity index is 0.000000336. The highest BCUT2D eigenvalue weighted by molar-refractivity contribution is 5.68. The maximum absolute atomic E-state index is 9.31. The molecule has 0 radical (unpaired) electrons. The van der Waals surface area contributed by atoms with Crippen molar-refractivity contribution in [2.75, 3.05) is 13.7 Å². The van der Waals surface area contributed by atoms with Crippen LogP contribution in [-0.4, -0.2) is 48.1 Å². The Kier molecular flexibility index (Phi) is 7.23. The van der Waals surface area contributed by atoms with Crippen LogP contribution in [0.1, 0.15) is 19.3 Å². The highest BCUT2D eigenvalue weighted by Gasteiger charge is 2.26. The molecule has 1 fully saturated rings. The monoisotopic (exact) mass is 220 g/mol. The second-order valence-electron chi connectivity index (χ2n) is 3.51. The topological polar surface area (TPSA) is 119 Å². The first-order valence-corrected chi connectivity index (χ1v) is 4.89. The van der Waals surface area contributed by atoms with Gasteiger partial charge in [0.15, 0.2) is 0 Å². The summed E-state index contributed by atoms with van der Waals surface area (Å²) in [6.07, 6.45) is 2.15. The summed E-state index contributed by atoms with van der Waals surface area (Å²) in [5.74, 6) is -0.968. The minimum Gasteiger partial charge on any atom is -0.480 e. The maximum atomic E-state index is 9.31. The van der Waals surface area contributed by atoms with Crippen molar-refractivity contribution < 1.29 is 19.7 Å². The number of aliphatic hydroxyl groups excluding tert-OH is 1. The molecule has 1 aliphatic carbocycles. The summed E-state index contributed by atoms with van der Waals surface area (Å²) >= 11 is 0. The zero-order chi connectivity index (χ0) is 11.8. The molecule has 1 saturated carbocycles. The summed E-state index contributed by atoms with van der Waals surface area (Å²) in [4.78, 5) is 9.24. The number of methoxy groups -OCH3 is 1. The molecular weight excluding hydrogens is 200 g/mol. The lowest BCUT2D eigenvalue weighted by molar-refractivity contribution is -0.135. The molecule has 1 aliphatic rings. The van der Waals surface area contributed by atoms with Crippen LogP contribution >= 0.6 is 0 Å². The average Bonchev–Trinajstić information content (AvgIpc) is 2.22. The van der Waals surface area contributed by atoms with Gasteiger partial charge in [0, 0.05) is 13.2 Å². The van der Waals surface area contributed by atoms with Gasteiger partial charge in [-0.05, 0) is 19.3 Å². The molecule has 0 bridgehead atoms. The van der Waals surface area contributed by atoms with E-state index in [0.29, 0.717) is 0 Å². The fraction of sp³-hybridized carbons (Fsp3) is 0.889. The normalized spacial score (nSPS) is 30.3. The Morgan fingerprint density at radius 3 is 2.40 bits per heavy atom. The van der Waals surface area contributed by atoms with Crippen LogP contribution in [0.4, 0.5) is 0 Å². The summed E-state index contributed by atoms with van der Waals surface area (Å²) in [6.45, 7) is -0.278. The largest absolute Gasteiger partial charge is 0.480 e. The fourth-order valence-corrected chi connectivity index (χ4v) is 1.40. The van der Waals surface area contributed by atoms with E-state index in [0.717, 1.165) is 19.3 Å². The van der Waals surface area contributed by atoms with Gasteiger partial charge in [-0.2, -0.15) is 0 Å². The molecule has 0 amide bonds. The van der Waals surface area contributed by atoms with Crippen LogP contribution in [0.2, 0.25) is 0 Å². The van der Waals surface area contributed by atoms with Crippen molar-refractivity contribution in [3.63, 3.8) is 0 Å². The van der Waals surface area contributed by atoms with Crippen LogP contribution in [0.15, 0.2) is 0 Å². The molecule has 90 valence electrons. The summed E-state index contributed by atoms with van der Waals surface area (Å²) in [5, 5.41) is 16.9. The fourth-order valence-electron chi connectivity index (χ4n) is 1.40. The van der Waals surface area contributed by atoms with Gasteiger partial charge in [-0.3, -0.25) is 4.79 Å². The van der Waals surface area contributed by atoms with E-state index in [1.165, 1.54) is 0 Å². The Labute approximate surface area is 89.2 Å². The van der Waals surface area contributed by atoms with Crippen LogP contribution in [0.3, 0.4) is 0 Å². The number of ether oxygens (including phenoxy) is 1. The van der Waals surface area contributed by atoms with Crippen LogP contribution < -0.4 is 11.5 Å². The van der Waals surface area contributed by atoms with E-state index in [-0.39, 0.29) is 24.8 Å². The number of aliphatic hydroxyl groups is 1. The van der Waals surface area contributed by atoms with Crippen LogP contribution in [0.5, 0.6) is 0 Å². The lowest BCUT2D eigenvalue weighted by Crippen LogP contribution is -2.40. The molecule has 3 atom stereocenters. The molecule has 0 aromatic rings. The molecule has 0 saturated heterocycles. The summed E-state index contributed by atoms with van der Waals surface area (Å²) < 4.78 is 5.04. The molecular formula is C9H20N2O4. The lowest BCUT2D eigenvalue weighted by atomic mass is 9.91. The predicted molar refractivity (Wildman–Crippen MR) is 55.3 cm³/mol. The minimum absolute atomic E-state index is 0.0382. The number of carboxylic acids is 1. The van der Waals surface area contributed by atoms with Crippen LogP contribution in [0.25, 0.3) is 0 Å². The number of hydrogen-bond donors (Lipinski definition) is 4. The van der Waals surface area contributed by atoms with Gasteiger partial charge in [-0.15, -0.1) is 0 Å². The highest BCUT2D eigenvalue weighted by atomic mass is 16.5. The third kappa shape index (κ3) is 6.40. The first-order chi connectivity index (χ1) is 7.01. The SMILES string of the molecule is COC1CC(N)CCC1O.NCC(=O)O. The third-order valence-corrected chi connectivity index (χ3v) is 2.27. The molecule has 0 aromatic carbocycles. The molecule has 0 aliphatic heterocycles. The molecule has 6 nitrogen and oxygen atoms in total. The standard InChI is InChI=1S/C7H15NO2.C2H5NO2/c1-10-7-4-5(8)2-3-6(7)9;3-1-2(4)5/h5-7,9H,2-4,8H2,1H3;1,3H2,(H,4,5). The molecule has 0 heterocycles. The van der Waals surface area contributed by atoms with E-state index in [1.807, 2.05) is 0 Å². The highest BCUT2D eigenvalue weighted by Crippen LogP contribution is 2.19. The van der Waals surface area contributed by atoms with Crippen molar-refractivity contribution in [2.24, 2.45) is 11.5 Å². The average molecular weight is 220 g/mol. The number of carboxylic acid groups (broad SMARTS) is 1. The second-order valence-corrected chi connectivity index (χ2v) is 3.51. The molecule has 6 heteroatoms. The maximum Gasteiger partial charge on any atom is 0.317 e. The van der Waals surface area contributed by atoms with E-state index in [2.05, 4.69) is 5.73 Å². The first kappa shape index (κ1) is 14.3. The van der Waals surface area contributed by atoms with Gasteiger partial charge in [-0.25, -0.2) is 0 Å². The Hall–Kier alpha value is -0.690. The number of rotatable bonds is 2. The molecule has 3 unspecified atom stereocenters. The predicted octanol–water partition coefficient (Wildman–Crippen LogP) is -1.10. The molecule has 6 N–H and O–H groups in total. The number of carbonyl (C=O) groups is 1. The van der Waals surface area contributed by atoms with E-state index < -0.39 is 5.97 Å². The van der Waals surface area contributed by atoms with Crippen molar-refractivity contribution in [3.05, 3.63) is 0 Å². The van der Waals surface area contributed by atoms with Gasteiger partial charge in [0.05, 0.1) is 18.8 Å². The number of nitrogens with two attached hydrogens (primary N) is 2. The van der Waals surface area contributed by atoms with E-state index >= 15 is 0 Å². The smallest absolute Gasteiger partial charge is 0.317 e. The molecule has 0 aromatic heterocycles. The number of aliphatic carboxylic acids is 1. The van der Waals surface area contributed by atoms with Crippen molar-refractivity contribution in [2.45, 2.75) is 37.5 Å². The molecule has 1 rings (SSSR count). The Morgan fingerprint density at radius 1 is 1.53 bits per heavy atom. The van der Waals surface area contributed by atoms with Crippen molar-refractivity contribution in [1.29, 1.82) is 0 Å². The van der Waals surface area contributed by atoms with E-state index in [4.69, 9.17) is 15.6 Å². The zero-order valence-corrected chi connectivity index (χ0v) is 8.93. The van der Waals surface area contributed by atoms with Crippen LogP contribution in [-0.2, 0) is 9.53 Å². The Morgan fingerprint density at radius 2 is 2.07 bits per heavy atom. The lowest BCUT2D eigenvalue weighted by Gasteiger charge is -2.30. The summed E-state index contributed by atoms with van der Waals surface area (Å²) in [5.41, 5.74) is 10.2. The molecule has 15 heavy (non-hydrogen) atoms. The van der Waals surface area contributed by atoms with Crippen molar-refractivity contribution in [3.8, 4) is 0 Å². The van der Waals surface area contributed by atoms with Crippen LogP contribution in [0, 0.1) is 0 Å². The van der Waals surface area contributed by atoms with Gasteiger partial charge in [0.2, 0.25) is 0 Å². The third-order valence-electron chi connectivity index (χ3n) is 2.27. The van der Waals surface area contributed by atoms with Crippen molar-refractivity contribution in [1.82, 2.24) is 0 Å². The first-order valence-electron chi connectivity index (χ1n) is 4.89. The molecule has 0 spiro atoms. The quantitative estimate of drug-likeness (QED) is 0.469. The van der Waals surface area contributed by atoms with Gasteiger partial charge in [0.1, 0.15) is 0 Å². The second kappa shape index (κ2) is 7.58. The summed E-state index contributed by atoms with van der Waals surface area (Å²) in [7, 11) is 1.62. The van der Waals surface area contributed by atoms with Gasteiger partial charge in [-0.1, -0.05) is 0 Å². The van der Waals surface area contributed by atoms with Crippen molar-refractivity contribution >= 4 is 5.97 Å². The summed E-state index contributed by atoms with van der Waals surface area (Å²) in [6, 6.07) is 0.216. The van der Waals surface area contributed by atoms with E-state index in [1.54, 1.807) is 7.11 Å². The number of hydrogen-bond acceptors (Lipinski definition) is 5. The van der Waals surface area contributed by atoms with Gasteiger partial charge < -0.3 is 26.4 Å². The Bertz CT molecular complexity index is 189. The van der Waals surface area contributed by atoms with Gasteiger partial charge >= 0.3 is 5.97 Å². The van der Waals surface area contributed by atoms with E-state index in [9.17, 15) is 9.90 Å². The minimum atomic E-state index is -0.968.